The van der Waals surface area contributed by atoms with Crippen LogP contribution in [0.3, 0.4) is 0 Å². The topological polar surface area (TPSA) is 15.8 Å². The molecule has 3 rings (SSSR count). The third kappa shape index (κ3) is 2.42. The molecule has 0 atom stereocenters. The largest absolute Gasteiger partial charge is 0.355 e. The fraction of sp³-hybridized carbons (Fsp3) is 0.0667. The highest BCUT2D eigenvalue weighted by atomic mass is 79.9. The maximum Gasteiger partial charge on any atom is 0.0469 e. The van der Waals surface area contributed by atoms with E-state index in [1.807, 2.05) is 11.3 Å². The van der Waals surface area contributed by atoms with Crippen LogP contribution in [0.25, 0.3) is 23.1 Å². The summed E-state index contributed by atoms with van der Waals surface area (Å²) in [6, 6.07) is 12.7. The van der Waals surface area contributed by atoms with Crippen molar-refractivity contribution in [1.29, 1.82) is 0 Å². The Kier molecular flexibility index (Phi) is 3.10. The van der Waals surface area contributed by atoms with E-state index < -0.39 is 0 Å². The molecule has 0 saturated heterocycles. The van der Waals surface area contributed by atoms with Crippen molar-refractivity contribution in [3.63, 3.8) is 0 Å². The first-order chi connectivity index (χ1) is 8.70. The second-order valence-corrected chi connectivity index (χ2v) is 6.47. The van der Waals surface area contributed by atoms with Crippen LogP contribution in [0.5, 0.6) is 0 Å². The Morgan fingerprint density at radius 1 is 1.11 bits per heavy atom. The number of halogens is 1. The number of H-pyrrole nitrogens is 1. The van der Waals surface area contributed by atoms with Gasteiger partial charge >= 0.3 is 0 Å². The number of hydrogen-bond donors (Lipinski definition) is 1. The Hall–Kier alpha value is -1.32. The Bertz CT molecular complexity index is 721. The maximum atomic E-state index is 3.48. The van der Waals surface area contributed by atoms with Crippen LogP contribution in [0.4, 0.5) is 0 Å². The highest BCUT2D eigenvalue weighted by molar-refractivity contribution is 9.10. The number of hydrogen-bond acceptors (Lipinski definition) is 1. The molecule has 0 unspecified atom stereocenters. The molecule has 3 aromatic rings. The van der Waals surface area contributed by atoms with Crippen LogP contribution in [0.15, 0.2) is 40.9 Å². The molecule has 0 bridgehead atoms. The van der Waals surface area contributed by atoms with Crippen LogP contribution >= 0.6 is 27.3 Å². The van der Waals surface area contributed by atoms with Crippen molar-refractivity contribution in [3.8, 4) is 0 Å². The molecule has 1 N–H and O–H groups in total. The number of aryl methyl sites for hydroxylation is 1. The minimum atomic E-state index is 1.10. The number of aromatic amines is 1. The highest BCUT2D eigenvalue weighted by Crippen LogP contribution is 2.22. The molecule has 0 radical (unpaired) electrons. The molecule has 2 aromatic heterocycles. The average molecular weight is 318 g/mol. The maximum absolute atomic E-state index is 3.48. The van der Waals surface area contributed by atoms with Gasteiger partial charge in [0.1, 0.15) is 0 Å². The molecule has 1 nitrogen and oxygen atoms in total. The van der Waals surface area contributed by atoms with Gasteiger partial charge < -0.3 is 4.98 Å². The van der Waals surface area contributed by atoms with Gasteiger partial charge in [0.2, 0.25) is 0 Å². The van der Waals surface area contributed by atoms with Crippen molar-refractivity contribution in [2.75, 3.05) is 0 Å². The lowest BCUT2D eigenvalue weighted by atomic mass is 10.2. The number of benzene rings is 1. The van der Waals surface area contributed by atoms with Gasteiger partial charge in [-0.05, 0) is 49.4 Å². The summed E-state index contributed by atoms with van der Waals surface area (Å²) in [6.45, 7) is 2.13. The van der Waals surface area contributed by atoms with Crippen LogP contribution in [0.2, 0.25) is 0 Å². The van der Waals surface area contributed by atoms with Crippen molar-refractivity contribution in [2.45, 2.75) is 6.92 Å². The van der Waals surface area contributed by atoms with Gasteiger partial charge in [0.25, 0.3) is 0 Å². The summed E-state index contributed by atoms with van der Waals surface area (Å²) in [5.41, 5.74) is 2.29. The fourth-order valence-electron chi connectivity index (χ4n) is 1.93. The van der Waals surface area contributed by atoms with Gasteiger partial charge in [-0.3, -0.25) is 0 Å². The van der Waals surface area contributed by atoms with Crippen LogP contribution < -0.4 is 0 Å². The third-order valence-corrected chi connectivity index (χ3v) is 4.25. The molecule has 0 saturated carbocycles. The summed E-state index contributed by atoms with van der Waals surface area (Å²) in [7, 11) is 0. The SMILES string of the molecule is Cc1ccc(/C=C/c2cc3ccc(Br)cc3[nH]2)s1. The molecule has 0 aliphatic rings. The van der Waals surface area contributed by atoms with Crippen molar-refractivity contribution >= 4 is 50.3 Å². The molecule has 0 aliphatic carbocycles. The number of rotatable bonds is 2. The second kappa shape index (κ2) is 4.75. The van der Waals surface area contributed by atoms with E-state index in [9.17, 15) is 0 Å². The Morgan fingerprint density at radius 2 is 2.00 bits per heavy atom. The minimum absolute atomic E-state index is 1.10. The first-order valence-corrected chi connectivity index (χ1v) is 7.34. The van der Waals surface area contributed by atoms with E-state index in [2.05, 4.69) is 76.4 Å². The summed E-state index contributed by atoms with van der Waals surface area (Å²) >= 11 is 5.29. The Balaban J connectivity index is 1.93. The number of thiophene rings is 1. The zero-order valence-corrected chi connectivity index (χ0v) is 12.3. The van der Waals surface area contributed by atoms with Crippen molar-refractivity contribution in [3.05, 3.63) is 56.3 Å². The molecular formula is C15H12BrNS. The Labute approximate surface area is 118 Å². The van der Waals surface area contributed by atoms with E-state index in [-0.39, 0.29) is 0 Å². The standard InChI is InChI=1S/C15H12BrNS/c1-10-2-6-14(18-10)7-5-13-8-11-3-4-12(16)9-15(11)17-13/h2-9,17H,1H3/b7-5+. The van der Waals surface area contributed by atoms with E-state index >= 15 is 0 Å². The first kappa shape index (κ1) is 11.8. The number of fused-ring (bicyclic) bond motifs is 1. The zero-order chi connectivity index (χ0) is 12.5. The minimum Gasteiger partial charge on any atom is -0.355 e. The van der Waals surface area contributed by atoms with Crippen LogP contribution in [-0.4, -0.2) is 4.98 Å². The van der Waals surface area contributed by atoms with Gasteiger partial charge in [-0.2, -0.15) is 0 Å². The zero-order valence-electron chi connectivity index (χ0n) is 9.91. The average Bonchev–Trinajstić information content (AvgIpc) is 2.92. The van der Waals surface area contributed by atoms with Crippen molar-refractivity contribution in [1.82, 2.24) is 4.98 Å². The van der Waals surface area contributed by atoms with Crippen LogP contribution in [-0.2, 0) is 0 Å². The number of aromatic nitrogens is 1. The molecule has 3 heteroatoms. The molecule has 0 spiro atoms. The predicted molar refractivity (Wildman–Crippen MR) is 84.0 cm³/mol. The van der Waals surface area contributed by atoms with Gasteiger partial charge in [-0.1, -0.05) is 22.0 Å². The lowest BCUT2D eigenvalue weighted by Crippen LogP contribution is -1.69. The monoisotopic (exact) mass is 317 g/mol. The molecule has 0 amide bonds. The summed E-state index contributed by atoms with van der Waals surface area (Å²) < 4.78 is 1.10. The highest BCUT2D eigenvalue weighted by Gasteiger charge is 1.99. The second-order valence-electron chi connectivity index (χ2n) is 4.24. The molecule has 90 valence electrons. The molecule has 0 fully saturated rings. The third-order valence-electron chi connectivity index (χ3n) is 2.79. The van der Waals surface area contributed by atoms with Crippen molar-refractivity contribution < 1.29 is 0 Å². The molecule has 2 heterocycles. The molecule has 1 aromatic carbocycles. The smallest absolute Gasteiger partial charge is 0.0469 e. The first-order valence-electron chi connectivity index (χ1n) is 5.73. The van der Waals surface area contributed by atoms with Crippen molar-refractivity contribution in [2.24, 2.45) is 0 Å². The molecular weight excluding hydrogens is 306 g/mol. The lowest BCUT2D eigenvalue weighted by Gasteiger charge is -1.89. The molecule has 0 aliphatic heterocycles. The summed E-state index contributed by atoms with van der Waals surface area (Å²) in [6.07, 6.45) is 4.27. The summed E-state index contributed by atoms with van der Waals surface area (Å²) in [5, 5.41) is 1.24. The summed E-state index contributed by atoms with van der Waals surface area (Å²) in [4.78, 5) is 6.03. The fourth-order valence-corrected chi connectivity index (χ4v) is 3.07. The van der Waals surface area contributed by atoms with E-state index in [0.29, 0.717) is 0 Å². The van der Waals surface area contributed by atoms with E-state index in [4.69, 9.17) is 0 Å². The van der Waals surface area contributed by atoms with Gasteiger partial charge in [-0.25, -0.2) is 0 Å². The van der Waals surface area contributed by atoms with Gasteiger partial charge in [0, 0.05) is 30.8 Å². The predicted octanol–water partition coefficient (Wildman–Crippen LogP) is 5.47. The molecule has 18 heavy (non-hydrogen) atoms. The van der Waals surface area contributed by atoms with E-state index in [0.717, 1.165) is 15.7 Å². The van der Waals surface area contributed by atoms with Gasteiger partial charge in [0.05, 0.1) is 0 Å². The van der Waals surface area contributed by atoms with E-state index in [1.54, 1.807) is 0 Å². The van der Waals surface area contributed by atoms with Crippen LogP contribution in [0, 0.1) is 6.92 Å². The van der Waals surface area contributed by atoms with Gasteiger partial charge in [0.15, 0.2) is 0 Å². The lowest BCUT2D eigenvalue weighted by molar-refractivity contribution is 1.43. The van der Waals surface area contributed by atoms with Crippen LogP contribution in [0.1, 0.15) is 15.4 Å². The quantitative estimate of drug-likeness (QED) is 0.645. The number of nitrogens with one attached hydrogen (secondary N) is 1. The normalized spacial score (nSPS) is 11.7. The van der Waals surface area contributed by atoms with Gasteiger partial charge in [-0.15, -0.1) is 11.3 Å². The summed E-state index contributed by atoms with van der Waals surface area (Å²) in [5.74, 6) is 0. The Morgan fingerprint density at radius 3 is 2.78 bits per heavy atom. The van der Waals surface area contributed by atoms with E-state index in [1.165, 1.54) is 15.1 Å².